The Morgan fingerprint density at radius 3 is 1.90 bits per heavy atom. The Morgan fingerprint density at radius 2 is 1.50 bits per heavy atom. The van der Waals surface area contributed by atoms with Gasteiger partial charge in [-0.25, -0.2) is 0 Å². The first-order chi connectivity index (χ1) is 9.12. The van der Waals surface area contributed by atoms with Gasteiger partial charge in [0.05, 0.1) is 5.60 Å². The number of ether oxygens (including phenoxy) is 2. The van der Waals surface area contributed by atoms with Crippen molar-refractivity contribution in [1.29, 1.82) is 0 Å². The summed E-state index contributed by atoms with van der Waals surface area (Å²) in [5.74, 6) is -1.09. The molecular weight excluding hydrogens is 260 g/mol. The Morgan fingerprint density at radius 1 is 1.05 bits per heavy atom. The monoisotopic (exact) mass is 284 g/mol. The van der Waals surface area contributed by atoms with E-state index in [4.69, 9.17) is 9.47 Å². The van der Waals surface area contributed by atoms with E-state index >= 15 is 0 Å². The maximum absolute atomic E-state index is 10.9. The third-order valence-electron chi connectivity index (χ3n) is 3.60. The van der Waals surface area contributed by atoms with Crippen LogP contribution in [0, 0.1) is 5.41 Å². The largest absolute Gasteiger partial charge is 0.421 e. The van der Waals surface area contributed by atoms with Crippen LogP contribution < -0.4 is 0 Å². The highest BCUT2D eigenvalue weighted by Gasteiger charge is 2.35. The molecule has 0 unspecified atom stereocenters. The van der Waals surface area contributed by atoms with Gasteiger partial charge < -0.3 is 14.6 Å². The zero-order valence-electron chi connectivity index (χ0n) is 12.6. The fourth-order valence-electron chi connectivity index (χ4n) is 2.21. The van der Waals surface area contributed by atoms with Gasteiger partial charge >= 0.3 is 11.9 Å². The quantitative estimate of drug-likeness (QED) is 0.487. The van der Waals surface area contributed by atoms with Crippen LogP contribution in [0.1, 0.15) is 53.4 Å². The van der Waals surface area contributed by atoms with E-state index in [2.05, 4.69) is 13.8 Å². The predicted molar refractivity (Wildman–Crippen MR) is 73.7 cm³/mol. The van der Waals surface area contributed by atoms with E-state index in [9.17, 15) is 14.7 Å². The van der Waals surface area contributed by atoms with Gasteiger partial charge in [-0.1, -0.05) is 13.8 Å². The molecule has 1 fully saturated rings. The normalized spacial score (nSPS) is 20.9. The van der Waals surface area contributed by atoms with Gasteiger partial charge in [-0.05, 0) is 43.3 Å². The van der Waals surface area contributed by atoms with Crippen LogP contribution in [0.15, 0.2) is 12.2 Å². The van der Waals surface area contributed by atoms with E-state index in [1.807, 2.05) is 0 Å². The summed E-state index contributed by atoms with van der Waals surface area (Å²) in [5.41, 5.74) is -0.681. The molecule has 114 valence electrons. The fourth-order valence-corrected chi connectivity index (χ4v) is 2.21. The second-order valence-electron chi connectivity index (χ2n) is 6.21. The molecule has 20 heavy (non-hydrogen) atoms. The van der Waals surface area contributed by atoms with E-state index in [0.717, 1.165) is 12.8 Å². The lowest BCUT2D eigenvalue weighted by Crippen LogP contribution is -2.35. The minimum Gasteiger partial charge on any atom is -0.421 e. The van der Waals surface area contributed by atoms with Crippen LogP contribution in [0.3, 0.4) is 0 Å². The summed E-state index contributed by atoms with van der Waals surface area (Å²) >= 11 is 0. The lowest BCUT2D eigenvalue weighted by molar-refractivity contribution is -0.176. The number of carbonyl (C=O) groups is 2. The fraction of sp³-hybridized carbons (Fsp3) is 0.733. The third kappa shape index (κ3) is 5.74. The molecule has 0 amide bonds. The van der Waals surface area contributed by atoms with Gasteiger partial charge in [0, 0.05) is 13.8 Å². The Bertz CT molecular complexity index is 371. The van der Waals surface area contributed by atoms with Crippen LogP contribution in [0.5, 0.6) is 0 Å². The summed E-state index contributed by atoms with van der Waals surface area (Å²) in [5, 5.41) is 10.5. The Kier molecular flexibility index (Phi) is 5.34. The average molecular weight is 284 g/mol. The van der Waals surface area contributed by atoms with Gasteiger partial charge in [0.15, 0.2) is 0 Å². The first-order valence-electron chi connectivity index (χ1n) is 6.88. The number of hydrogen-bond donors (Lipinski definition) is 1. The number of carbonyl (C=O) groups excluding carboxylic acids is 2. The van der Waals surface area contributed by atoms with Crippen LogP contribution in [0.4, 0.5) is 0 Å². The molecule has 0 atom stereocenters. The molecule has 0 aromatic rings. The van der Waals surface area contributed by atoms with Gasteiger partial charge in [-0.2, -0.15) is 0 Å². The molecule has 5 heteroatoms. The minimum atomic E-state index is -1.08. The summed E-state index contributed by atoms with van der Waals surface area (Å²) in [6.07, 6.45) is 5.05. The van der Waals surface area contributed by atoms with Gasteiger partial charge in [-0.15, -0.1) is 0 Å². The first kappa shape index (κ1) is 16.7. The van der Waals surface area contributed by atoms with Crippen LogP contribution in [0.25, 0.3) is 0 Å². The zero-order valence-corrected chi connectivity index (χ0v) is 12.6. The van der Waals surface area contributed by atoms with Gasteiger partial charge in [0.25, 0.3) is 6.29 Å². The molecule has 5 nitrogen and oxygen atoms in total. The second kappa shape index (κ2) is 6.39. The molecular formula is C15H24O5. The van der Waals surface area contributed by atoms with Crippen molar-refractivity contribution >= 4 is 11.9 Å². The van der Waals surface area contributed by atoms with Gasteiger partial charge in [-0.3, -0.25) is 9.59 Å². The van der Waals surface area contributed by atoms with Crippen molar-refractivity contribution in [2.45, 2.75) is 65.3 Å². The third-order valence-corrected chi connectivity index (χ3v) is 3.60. The Hall–Kier alpha value is -1.36. The average Bonchev–Trinajstić information content (AvgIpc) is 2.30. The van der Waals surface area contributed by atoms with Crippen molar-refractivity contribution in [3.05, 3.63) is 12.2 Å². The summed E-state index contributed by atoms with van der Waals surface area (Å²) in [4.78, 5) is 21.9. The van der Waals surface area contributed by atoms with Crippen molar-refractivity contribution in [1.82, 2.24) is 0 Å². The predicted octanol–water partition coefficient (Wildman–Crippen LogP) is 2.33. The molecule has 0 bridgehead atoms. The Labute approximate surface area is 119 Å². The topological polar surface area (TPSA) is 72.8 Å². The molecule has 0 spiro atoms. The van der Waals surface area contributed by atoms with Crippen molar-refractivity contribution < 1.29 is 24.2 Å². The Balaban J connectivity index is 2.66. The van der Waals surface area contributed by atoms with Gasteiger partial charge in [0.1, 0.15) is 0 Å². The molecule has 0 radical (unpaired) electrons. The molecule has 0 aliphatic heterocycles. The summed E-state index contributed by atoms with van der Waals surface area (Å²) in [6, 6.07) is 0. The van der Waals surface area contributed by atoms with Crippen LogP contribution in [-0.4, -0.2) is 28.9 Å². The van der Waals surface area contributed by atoms with Gasteiger partial charge in [0.2, 0.25) is 0 Å². The van der Waals surface area contributed by atoms with E-state index in [0.29, 0.717) is 12.8 Å². The molecule has 1 aliphatic rings. The van der Waals surface area contributed by atoms with E-state index in [1.54, 1.807) is 6.08 Å². The highest BCUT2D eigenvalue weighted by molar-refractivity contribution is 5.68. The minimum absolute atomic E-state index is 0.241. The van der Waals surface area contributed by atoms with Crippen molar-refractivity contribution in [3.63, 3.8) is 0 Å². The van der Waals surface area contributed by atoms with Crippen molar-refractivity contribution in [2.75, 3.05) is 0 Å². The zero-order chi connectivity index (χ0) is 15.4. The maximum atomic E-state index is 10.9. The SMILES string of the molecule is CC(=O)OC(/C=C/C1(O)CCC(C)(C)CC1)OC(C)=O. The van der Waals surface area contributed by atoms with Crippen LogP contribution >= 0.6 is 0 Å². The van der Waals surface area contributed by atoms with Crippen molar-refractivity contribution in [3.8, 4) is 0 Å². The van der Waals surface area contributed by atoms with E-state index in [-0.39, 0.29) is 5.41 Å². The van der Waals surface area contributed by atoms with E-state index < -0.39 is 23.8 Å². The number of aliphatic hydroxyl groups is 1. The molecule has 1 aliphatic carbocycles. The number of esters is 2. The highest BCUT2D eigenvalue weighted by Crippen LogP contribution is 2.40. The highest BCUT2D eigenvalue weighted by atomic mass is 16.7. The second-order valence-corrected chi connectivity index (χ2v) is 6.21. The molecule has 0 heterocycles. The molecule has 0 saturated heterocycles. The molecule has 1 N–H and O–H groups in total. The van der Waals surface area contributed by atoms with Crippen molar-refractivity contribution in [2.24, 2.45) is 5.41 Å². The molecule has 0 aromatic heterocycles. The smallest absolute Gasteiger partial charge is 0.305 e. The molecule has 0 aromatic carbocycles. The summed E-state index contributed by atoms with van der Waals surface area (Å²) < 4.78 is 9.72. The standard InChI is InChI=1S/C15H24O5/c1-11(16)19-13(20-12(2)17)5-6-15(18)9-7-14(3,4)8-10-15/h5-6,13,18H,7-10H2,1-4H3/b6-5+. The summed E-state index contributed by atoms with van der Waals surface area (Å²) in [7, 11) is 0. The lowest BCUT2D eigenvalue weighted by Gasteiger charge is -2.38. The number of hydrogen-bond acceptors (Lipinski definition) is 5. The van der Waals surface area contributed by atoms with Crippen LogP contribution in [-0.2, 0) is 19.1 Å². The molecule has 1 rings (SSSR count). The van der Waals surface area contributed by atoms with Crippen LogP contribution in [0.2, 0.25) is 0 Å². The lowest BCUT2D eigenvalue weighted by atomic mass is 9.71. The molecule has 1 saturated carbocycles. The maximum Gasteiger partial charge on any atom is 0.305 e. The first-order valence-corrected chi connectivity index (χ1v) is 6.88. The summed E-state index contributed by atoms with van der Waals surface area (Å²) in [6.45, 7) is 6.83. The number of rotatable bonds is 4. The van der Waals surface area contributed by atoms with E-state index in [1.165, 1.54) is 19.9 Å².